The molecule has 1 saturated carbocycles. The first-order valence-corrected chi connectivity index (χ1v) is 5.46. The molecule has 0 radical (unpaired) electrons. The van der Waals surface area contributed by atoms with Crippen molar-refractivity contribution in [2.45, 2.75) is 58.5 Å². The van der Waals surface area contributed by atoms with Gasteiger partial charge in [-0.15, -0.1) is 0 Å². The van der Waals surface area contributed by atoms with Gasteiger partial charge in [-0.2, -0.15) is 0 Å². The first-order valence-electron chi connectivity index (χ1n) is 5.46. The third-order valence-corrected chi connectivity index (χ3v) is 2.65. The summed E-state index contributed by atoms with van der Waals surface area (Å²) in [7, 11) is 0. The maximum Gasteiger partial charge on any atom is 0.0170 e. The lowest BCUT2D eigenvalue weighted by Gasteiger charge is -2.29. The fourth-order valence-corrected chi connectivity index (χ4v) is 1.79. The highest BCUT2D eigenvalue weighted by atomic mass is 14.9. The second-order valence-electron chi connectivity index (χ2n) is 5.56. The molecule has 1 unspecified atom stereocenters. The van der Waals surface area contributed by atoms with Gasteiger partial charge < -0.3 is 11.1 Å². The zero-order chi connectivity index (χ0) is 9.90. The summed E-state index contributed by atoms with van der Waals surface area (Å²) in [4.78, 5) is 0. The summed E-state index contributed by atoms with van der Waals surface area (Å²) >= 11 is 0. The first kappa shape index (κ1) is 11.0. The van der Waals surface area contributed by atoms with E-state index in [4.69, 9.17) is 5.73 Å². The molecule has 1 rings (SSSR count). The summed E-state index contributed by atoms with van der Waals surface area (Å²) in [5, 5.41) is 3.52. The Kier molecular flexibility index (Phi) is 3.74. The molecule has 1 atom stereocenters. The van der Waals surface area contributed by atoms with Crippen LogP contribution in [0.4, 0.5) is 0 Å². The lowest BCUT2D eigenvalue weighted by atomic mass is 9.87. The number of rotatable bonds is 4. The lowest BCUT2D eigenvalue weighted by molar-refractivity contribution is 0.295. The van der Waals surface area contributed by atoms with Crippen molar-refractivity contribution in [3.63, 3.8) is 0 Å². The fraction of sp³-hybridized carbons (Fsp3) is 1.00. The van der Waals surface area contributed by atoms with E-state index < -0.39 is 0 Å². The molecule has 0 heterocycles. The molecule has 78 valence electrons. The topological polar surface area (TPSA) is 38.0 Å². The van der Waals surface area contributed by atoms with Crippen LogP contribution in [0.1, 0.15) is 46.5 Å². The highest BCUT2D eigenvalue weighted by molar-refractivity contribution is 4.80. The Morgan fingerprint density at radius 3 is 2.38 bits per heavy atom. The summed E-state index contributed by atoms with van der Waals surface area (Å²) in [5.74, 6) is 0. The van der Waals surface area contributed by atoms with Crippen molar-refractivity contribution >= 4 is 0 Å². The van der Waals surface area contributed by atoms with Gasteiger partial charge in [0.05, 0.1) is 0 Å². The SMILES string of the molecule is CC(C)(C)CC(N)CNC1CCC1. The Morgan fingerprint density at radius 1 is 1.38 bits per heavy atom. The van der Waals surface area contributed by atoms with Crippen molar-refractivity contribution in [3.8, 4) is 0 Å². The van der Waals surface area contributed by atoms with Gasteiger partial charge in [-0.25, -0.2) is 0 Å². The van der Waals surface area contributed by atoms with Gasteiger partial charge in [0.2, 0.25) is 0 Å². The Bertz CT molecular complexity index is 145. The summed E-state index contributed by atoms with van der Waals surface area (Å²) in [6, 6.07) is 1.09. The van der Waals surface area contributed by atoms with E-state index in [1.165, 1.54) is 19.3 Å². The van der Waals surface area contributed by atoms with Crippen LogP contribution < -0.4 is 11.1 Å². The van der Waals surface area contributed by atoms with Crippen LogP contribution in [0.15, 0.2) is 0 Å². The van der Waals surface area contributed by atoms with Crippen LogP contribution >= 0.6 is 0 Å². The van der Waals surface area contributed by atoms with E-state index in [-0.39, 0.29) is 0 Å². The Balaban J connectivity index is 2.06. The van der Waals surface area contributed by atoms with Crippen molar-refractivity contribution in [2.75, 3.05) is 6.54 Å². The molecule has 2 nitrogen and oxygen atoms in total. The van der Waals surface area contributed by atoms with Crippen LogP contribution in [0.5, 0.6) is 0 Å². The minimum atomic E-state index is 0.320. The van der Waals surface area contributed by atoms with Gasteiger partial charge in [0.1, 0.15) is 0 Å². The maximum atomic E-state index is 6.02. The molecule has 0 aromatic carbocycles. The molecule has 0 aliphatic heterocycles. The van der Waals surface area contributed by atoms with Crippen molar-refractivity contribution in [2.24, 2.45) is 11.1 Å². The smallest absolute Gasteiger partial charge is 0.0170 e. The molecule has 13 heavy (non-hydrogen) atoms. The van der Waals surface area contributed by atoms with E-state index in [1.54, 1.807) is 0 Å². The van der Waals surface area contributed by atoms with Crippen molar-refractivity contribution in [3.05, 3.63) is 0 Å². The summed E-state index contributed by atoms with van der Waals surface area (Å²) in [5.41, 5.74) is 6.39. The fourth-order valence-electron chi connectivity index (χ4n) is 1.79. The van der Waals surface area contributed by atoms with Crippen LogP contribution in [0.25, 0.3) is 0 Å². The largest absolute Gasteiger partial charge is 0.327 e. The average molecular weight is 184 g/mol. The number of hydrogen-bond donors (Lipinski definition) is 2. The van der Waals surface area contributed by atoms with Crippen LogP contribution in [0.2, 0.25) is 0 Å². The molecule has 1 aliphatic carbocycles. The van der Waals surface area contributed by atoms with Crippen LogP contribution in [0.3, 0.4) is 0 Å². The zero-order valence-corrected chi connectivity index (χ0v) is 9.27. The molecule has 0 spiro atoms. The molecule has 0 aromatic heterocycles. The van der Waals surface area contributed by atoms with Gasteiger partial charge in [0.25, 0.3) is 0 Å². The van der Waals surface area contributed by atoms with Crippen LogP contribution in [-0.2, 0) is 0 Å². The molecule has 1 aliphatic rings. The molecule has 2 heteroatoms. The van der Waals surface area contributed by atoms with Gasteiger partial charge in [-0.1, -0.05) is 27.2 Å². The monoisotopic (exact) mass is 184 g/mol. The molecule has 1 fully saturated rings. The van der Waals surface area contributed by atoms with E-state index in [2.05, 4.69) is 26.1 Å². The van der Waals surface area contributed by atoms with Crippen molar-refractivity contribution in [1.82, 2.24) is 5.32 Å². The molecule has 0 saturated heterocycles. The summed E-state index contributed by atoms with van der Waals surface area (Å²) < 4.78 is 0. The third kappa shape index (κ3) is 4.63. The van der Waals surface area contributed by atoms with Gasteiger partial charge in [0.15, 0.2) is 0 Å². The minimum absolute atomic E-state index is 0.320. The Hall–Kier alpha value is -0.0800. The van der Waals surface area contributed by atoms with Crippen LogP contribution in [-0.4, -0.2) is 18.6 Å². The van der Waals surface area contributed by atoms with Gasteiger partial charge in [-0.05, 0) is 24.7 Å². The molecule has 0 amide bonds. The lowest BCUT2D eigenvalue weighted by Crippen LogP contribution is -2.43. The minimum Gasteiger partial charge on any atom is -0.327 e. The molecular formula is C11H24N2. The van der Waals surface area contributed by atoms with Gasteiger partial charge >= 0.3 is 0 Å². The van der Waals surface area contributed by atoms with E-state index in [9.17, 15) is 0 Å². The second-order valence-corrected chi connectivity index (χ2v) is 5.56. The Morgan fingerprint density at radius 2 is 2.00 bits per heavy atom. The molecule has 0 aromatic rings. The molecule has 3 N–H and O–H groups in total. The van der Waals surface area contributed by atoms with Crippen molar-refractivity contribution in [1.29, 1.82) is 0 Å². The highest BCUT2D eigenvalue weighted by Crippen LogP contribution is 2.21. The number of nitrogens with two attached hydrogens (primary N) is 1. The predicted molar refractivity (Wildman–Crippen MR) is 57.7 cm³/mol. The van der Waals surface area contributed by atoms with E-state index >= 15 is 0 Å². The third-order valence-electron chi connectivity index (χ3n) is 2.65. The van der Waals surface area contributed by atoms with Gasteiger partial charge in [-0.3, -0.25) is 0 Å². The normalized spacial score (nSPS) is 21.2. The Labute approximate surface area is 82.3 Å². The predicted octanol–water partition coefficient (Wildman–Crippen LogP) is 1.89. The molecular weight excluding hydrogens is 160 g/mol. The quantitative estimate of drug-likeness (QED) is 0.700. The maximum absolute atomic E-state index is 6.02. The molecule has 0 bridgehead atoms. The summed E-state index contributed by atoms with van der Waals surface area (Å²) in [6.07, 6.45) is 5.20. The van der Waals surface area contributed by atoms with Crippen LogP contribution in [0, 0.1) is 5.41 Å². The standard InChI is InChI=1S/C11H24N2/c1-11(2,3)7-9(12)8-13-10-5-4-6-10/h9-10,13H,4-8,12H2,1-3H3. The summed E-state index contributed by atoms with van der Waals surface area (Å²) in [6.45, 7) is 7.73. The number of hydrogen-bond acceptors (Lipinski definition) is 2. The van der Waals surface area contributed by atoms with E-state index in [0.717, 1.165) is 19.0 Å². The highest BCUT2D eigenvalue weighted by Gasteiger charge is 2.19. The van der Waals surface area contributed by atoms with E-state index in [1.807, 2.05) is 0 Å². The second kappa shape index (κ2) is 4.43. The van der Waals surface area contributed by atoms with Gasteiger partial charge in [0, 0.05) is 18.6 Å². The first-order chi connectivity index (χ1) is 5.97. The average Bonchev–Trinajstić information content (AvgIpc) is 1.78. The van der Waals surface area contributed by atoms with E-state index in [0.29, 0.717) is 11.5 Å². The number of nitrogens with one attached hydrogen (secondary N) is 1. The zero-order valence-electron chi connectivity index (χ0n) is 9.27. The van der Waals surface area contributed by atoms with Crippen molar-refractivity contribution < 1.29 is 0 Å².